The van der Waals surface area contributed by atoms with Crippen LogP contribution in [0.25, 0.3) is 5.69 Å². The van der Waals surface area contributed by atoms with E-state index in [1.807, 2.05) is 66.7 Å². The number of halogens is 1. The predicted molar refractivity (Wildman–Crippen MR) is 142 cm³/mol. The highest BCUT2D eigenvalue weighted by Crippen LogP contribution is 2.33. The van der Waals surface area contributed by atoms with Crippen molar-refractivity contribution in [2.24, 2.45) is 0 Å². The van der Waals surface area contributed by atoms with Gasteiger partial charge in [-0.25, -0.2) is 4.68 Å². The summed E-state index contributed by atoms with van der Waals surface area (Å²) in [5, 5.41) is 18.8. The molecule has 4 rings (SSSR count). The van der Waals surface area contributed by atoms with Crippen LogP contribution in [0.15, 0.2) is 83.9 Å². The zero-order valence-electron chi connectivity index (χ0n) is 19.7. The van der Waals surface area contributed by atoms with Gasteiger partial charge in [0.2, 0.25) is 0 Å². The SMILES string of the molecule is CC(C)(C)c1ccc(C(=O)Nc2c(C#N)c(SCc3ccccc3Cl)nn2-c2ccccc2)cc1. The lowest BCUT2D eigenvalue weighted by molar-refractivity contribution is 0.102. The van der Waals surface area contributed by atoms with Crippen LogP contribution in [0.1, 0.15) is 47.8 Å². The third-order valence-electron chi connectivity index (χ3n) is 5.53. The maximum atomic E-state index is 13.2. The van der Waals surface area contributed by atoms with Crippen LogP contribution in [0.5, 0.6) is 0 Å². The Hall–Kier alpha value is -3.53. The number of aromatic nitrogens is 2. The van der Waals surface area contributed by atoms with E-state index in [1.165, 1.54) is 11.8 Å². The molecule has 0 unspecified atom stereocenters. The van der Waals surface area contributed by atoms with Crippen molar-refractivity contribution in [3.63, 3.8) is 0 Å². The van der Waals surface area contributed by atoms with E-state index in [4.69, 9.17) is 11.6 Å². The molecule has 0 saturated heterocycles. The van der Waals surface area contributed by atoms with Gasteiger partial charge in [0.05, 0.1) is 5.69 Å². The molecule has 35 heavy (non-hydrogen) atoms. The number of nitrogens with one attached hydrogen (secondary N) is 1. The van der Waals surface area contributed by atoms with E-state index >= 15 is 0 Å². The molecule has 0 aliphatic carbocycles. The quantitative estimate of drug-likeness (QED) is 0.283. The highest BCUT2D eigenvalue weighted by Gasteiger charge is 2.22. The van der Waals surface area contributed by atoms with Crippen molar-refractivity contribution in [3.05, 3.63) is 106 Å². The van der Waals surface area contributed by atoms with E-state index in [9.17, 15) is 10.1 Å². The zero-order chi connectivity index (χ0) is 25.0. The molecule has 4 aromatic rings. The number of amides is 1. The normalized spacial score (nSPS) is 11.2. The average molecular weight is 501 g/mol. The Morgan fingerprint density at radius 1 is 1.03 bits per heavy atom. The van der Waals surface area contributed by atoms with Crippen LogP contribution in [0.4, 0.5) is 5.82 Å². The molecule has 0 atom stereocenters. The molecule has 0 bridgehead atoms. The van der Waals surface area contributed by atoms with Crippen molar-refractivity contribution in [2.45, 2.75) is 37.0 Å². The third-order valence-corrected chi connectivity index (χ3v) is 6.92. The molecule has 0 saturated carbocycles. The summed E-state index contributed by atoms with van der Waals surface area (Å²) in [5.74, 6) is 0.578. The minimum Gasteiger partial charge on any atom is -0.305 e. The molecule has 0 aliphatic rings. The summed E-state index contributed by atoms with van der Waals surface area (Å²) < 4.78 is 1.61. The Kier molecular flexibility index (Phi) is 7.30. The fourth-order valence-electron chi connectivity index (χ4n) is 3.53. The molecule has 7 heteroatoms. The Bertz CT molecular complexity index is 1380. The number of benzene rings is 3. The van der Waals surface area contributed by atoms with Gasteiger partial charge >= 0.3 is 0 Å². The molecular weight excluding hydrogens is 476 g/mol. The number of thioether (sulfide) groups is 1. The fraction of sp³-hybridized carbons (Fsp3) is 0.179. The van der Waals surface area contributed by atoms with Gasteiger partial charge in [-0.2, -0.15) is 10.4 Å². The molecular formula is C28H25ClN4OS. The van der Waals surface area contributed by atoms with E-state index in [0.717, 1.165) is 16.8 Å². The second-order valence-corrected chi connectivity index (χ2v) is 10.4. The standard InChI is InChI=1S/C28H25ClN4OS/c1-28(2,3)21-15-13-19(14-16-21)26(34)31-25-23(17-30)27(32-33(25)22-10-5-4-6-11-22)35-18-20-9-7-8-12-24(20)29/h4-16H,18H2,1-3H3,(H,31,34). The van der Waals surface area contributed by atoms with Gasteiger partial charge in [0, 0.05) is 16.3 Å². The Morgan fingerprint density at radius 3 is 2.31 bits per heavy atom. The second-order valence-electron chi connectivity index (χ2n) is 9.05. The van der Waals surface area contributed by atoms with Gasteiger partial charge in [-0.3, -0.25) is 4.79 Å². The van der Waals surface area contributed by atoms with Gasteiger partial charge < -0.3 is 5.32 Å². The summed E-state index contributed by atoms with van der Waals surface area (Å²) in [7, 11) is 0. The number of hydrogen-bond acceptors (Lipinski definition) is 4. The predicted octanol–water partition coefficient (Wildman–Crippen LogP) is 7.24. The fourth-order valence-corrected chi connectivity index (χ4v) is 4.79. The number of carbonyl (C=O) groups is 1. The highest BCUT2D eigenvalue weighted by molar-refractivity contribution is 7.98. The summed E-state index contributed by atoms with van der Waals surface area (Å²) in [6, 6.07) is 26.8. The minimum atomic E-state index is -0.304. The second kappa shape index (κ2) is 10.4. The van der Waals surface area contributed by atoms with Crippen LogP contribution in [-0.4, -0.2) is 15.7 Å². The molecule has 3 aromatic carbocycles. The van der Waals surface area contributed by atoms with E-state index in [2.05, 4.69) is 37.3 Å². The van der Waals surface area contributed by atoms with Crippen molar-refractivity contribution >= 4 is 35.1 Å². The van der Waals surface area contributed by atoms with Crippen LogP contribution >= 0.6 is 23.4 Å². The lowest BCUT2D eigenvalue weighted by atomic mass is 9.87. The average Bonchev–Trinajstić information content (AvgIpc) is 3.20. The van der Waals surface area contributed by atoms with Crippen LogP contribution in [0.3, 0.4) is 0 Å². The largest absolute Gasteiger partial charge is 0.305 e. The molecule has 0 spiro atoms. The van der Waals surface area contributed by atoms with Crippen LogP contribution < -0.4 is 5.32 Å². The Labute approximate surface area is 214 Å². The molecule has 1 heterocycles. The van der Waals surface area contributed by atoms with Crippen LogP contribution in [0, 0.1) is 11.3 Å². The van der Waals surface area contributed by atoms with Crippen LogP contribution in [-0.2, 0) is 11.2 Å². The first kappa shape index (κ1) is 24.6. The van der Waals surface area contributed by atoms with Gasteiger partial charge in [0.1, 0.15) is 16.7 Å². The van der Waals surface area contributed by atoms with Gasteiger partial charge in [-0.05, 0) is 46.9 Å². The monoisotopic (exact) mass is 500 g/mol. The van der Waals surface area contributed by atoms with E-state index < -0.39 is 0 Å². The first-order chi connectivity index (χ1) is 16.8. The molecule has 1 aromatic heterocycles. The number of hydrogen-bond donors (Lipinski definition) is 1. The Morgan fingerprint density at radius 2 is 1.69 bits per heavy atom. The molecule has 176 valence electrons. The summed E-state index contributed by atoms with van der Waals surface area (Å²) in [6.45, 7) is 6.38. The number of rotatable bonds is 6. The maximum absolute atomic E-state index is 13.2. The number of nitriles is 1. The van der Waals surface area contributed by atoms with Crippen molar-refractivity contribution in [2.75, 3.05) is 5.32 Å². The van der Waals surface area contributed by atoms with E-state index in [1.54, 1.807) is 16.8 Å². The zero-order valence-corrected chi connectivity index (χ0v) is 21.3. The molecule has 0 fully saturated rings. The minimum absolute atomic E-state index is 0.0112. The molecule has 1 amide bonds. The molecule has 5 nitrogen and oxygen atoms in total. The lowest BCUT2D eigenvalue weighted by Gasteiger charge is -2.19. The summed E-state index contributed by atoms with van der Waals surface area (Å²) in [4.78, 5) is 13.2. The topological polar surface area (TPSA) is 70.7 Å². The number of nitrogens with zero attached hydrogens (tertiary/aromatic N) is 3. The first-order valence-electron chi connectivity index (χ1n) is 11.1. The highest BCUT2D eigenvalue weighted by atomic mass is 35.5. The first-order valence-corrected chi connectivity index (χ1v) is 12.5. The van der Waals surface area contributed by atoms with Crippen molar-refractivity contribution < 1.29 is 4.79 Å². The lowest BCUT2D eigenvalue weighted by Crippen LogP contribution is -2.17. The molecule has 1 N–H and O–H groups in total. The van der Waals surface area contributed by atoms with Crippen LogP contribution in [0.2, 0.25) is 5.02 Å². The van der Waals surface area contributed by atoms with Crippen molar-refractivity contribution in [1.82, 2.24) is 9.78 Å². The summed E-state index contributed by atoms with van der Waals surface area (Å²) in [6.07, 6.45) is 0. The van der Waals surface area contributed by atoms with Crippen molar-refractivity contribution in [1.29, 1.82) is 5.26 Å². The molecule has 0 aliphatic heterocycles. The maximum Gasteiger partial charge on any atom is 0.256 e. The van der Waals surface area contributed by atoms with Gasteiger partial charge in [0.25, 0.3) is 5.91 Å². The summed E-state index contributed by atoms with van der Waals surface area (Å²) >= 11 is 7.72. The van der Waals surface area contributed by atoms with Crippen molar-refractivity contribution in [3.8, 4) is 11.8 Å². The smallest absolute Gasteiger partial charge is 0.256 e. The number of para-hydroxylation sites is 1. The van der Waals surface area contributed by atoms with E-state index in [0.29, 0.717) is 32.7 Å². The molecule has 0 radical (unpaired) electrons. The van der Waals surface area contributed by atoms with Gasteiger partial charge in [-0.1, -0.05) is 92.7 Å². The van der Waals surface area contributed by atoms with Gasteiger partial charge in [0.15, 0.2) is 5.82 Å². The van der Waals surface area contributed by atoms with E-state index in [-0.39, 0.29) is 11.3 Å². The van der Waals surface area contributed by atoms with Gasteiger partial charge in [-0.15, -0.1) is 0 Å². The third kappa shape index (κ3) is 5.59. The Balaban J connectivity index is 1.68. The summed E-state index contributed by atoms with van der Waals surface area (Å²) in [5.41, 5.74) is 3.63. The number of anilines is 1. The number of carbonyl (C=O) groups excluding carboxylic acids is 1.